The summed E-state index contributed by atoms with van der Waals surface area (Å²) in [5, 5.41) is 12.5. The zero-order valence-electron chi connectivity index (χ0n) is 8.90. The molecule has 0 fully saturated rings. The van der Waals surface area contributed by atoms with Crippen LogP contribution in [0.4, 0.5) is 5.13 Å². The van der Waals surface area contributed by atoms with Gasteiger partial charge in [-0.2, -0.15) is 0 Å². The van der Waals surface area contributed by atoms with Crippen molar-refractivity contribution in [1.82, 2.24) is 4.98 Å². The number of nitrogens with zero attached hydrogens (tertiary/aromatic N) is 1. The summed E-state index contributed by atoms with van der Waals surface area (Å²) in [6.45, 7) is 4.22. The Hall–Kier alpha value is -1.14. The second-order valence-electron chi connectivity index (χ2n) is 3.17. The lowest BCUT2D eigenvalue weighted by molar-refractivity contribution is 0.0701. The summed E-state index contributed by atoms with van der Waals surface area (Å²) in [7, 11) is 1.63. The minimum absolute atomic E-state index is 0.0717. The third-order valence-corrected chi connectivity index (χ3v) is 3.04. The number of hydrogen-bond acceptors (Lipinski definition) is 5. The van der Waals surface area contributed by atoms with Crippen molar-refractivity contribution in [2.75, 3.05) is 19.0 Å². The van der Waals surface area contributed by atoms with Crippen LogP contribution in [0.3, 0.4) is 0 Å². The van der Waals surface area contributed by atoms with E-state index in [1.807, 2.05) is 6.92 Å². The maximum absolute atomic E-state index is 10.7. The Kier molecular flexibility index (Phi) is 4.05. The van der Waals surface area contributed by atoms with Gasteiger partial charge in [-0.15, -0.1) is 0 Å². The predicted molar refractivity (Wildman–Crippen MR) is 58.8 cm³/mol. The Morgan fingerprint density at radius 3 is 2.87 bits per heavy atom. The number of aryl methyl sites for hydroxylation is 1. The molecule has 15 heavy (non-hydrogen) atoms. The molecule has 6 heteroatoms. The molecule has 0 saturated heterocycles. The topological polar surface area (TPSA) is 71.5 Å². The highest BCUT2D eigenvalue weighted by molar-refractivity contribution is 7.17. The number of ether oxygens (including phenoxy) is 1. The lowest BCUT2D eigenvalue weighted by Crippen LogP contribution is -2.17. The molecule has 0 bridgehead atoms. The van der Waals surface area contributed by atoms with Crippen LogP contribution in [0.2, 0.25) is 0 Å². The van der Waals surface area contributed by atoms with Crippen LogP contribution in [0, 0.1) is 6.92 Å². The number of carboxylic acid groups (broad SMARTS) is 1. The van der Waals surface area contributed by atoms with Crippen molar-refractivity contribution in [3.05, 3.63) is 10.6 Å². The average molecular weight is 230 g/mol. The lowest BCUT2D eigenvalue weighted by Gasteiger charge is -2.08. The van der Waals surface area contributed by atoms with Crippen LogP contribution in [-0.4, -0.2) is 35.8 Å². The minimum atomic E-state index is -0.933. The van der Waals surface area contributed by atoms with Crippen LogP contribution in [0.15, 0.2) is 0 Å². The summed E-state index contributed by atoms with van der Waals surface area (Å²) in [5.74, 6) is -0.933. The highest BCUT2D eigenvalue weighted by Crippen LogP contribution is 2.22. The highest BCUT2D eigenvalue weighted by Gasteiger charge is 2.13. The van der Waals surface area contributed by atoms with E-state index in [0.29, 0.717) is 17.4 Å². The van der Waals surface area contributed by atoms with E-state index in [1.54, 1.807) is 14.0 Å². The number of aromatic carboxylic acids is 1. The first kappa shape index (κ1) is 11.9. The van der Waals surface area contributed by atoms with Crippen LogP contribution in [0.25, 0.3) is 0 Å². The molecule has 1 rings (SSSR count). The average Bonchev–Trinajstić information content (AvgIpc) is 2.56. The van der Waals surface area contributed by atoms with Gasteiger partial charge in [0.05, 0.1) is 11.8 Å². The number of carbonyl (C=O) groups is 1. The van der Waals surface area contributed by atoms with Gasteiger partial charge in [-0.1, -0.05) is 11.3 Å². The summed E-state index contributed by atoms with van der Waals surface area (Å²) in [6, 6.07) is 0. The predicted octanol–water partition coefficient (Wildman–Crippen LogP) is 1.60. The molecule has 5 nitrogen and oxygen atoms in total. The number of methoxy groups -OCH3 is 1. The summed E-state index contributed by atoms with van der Waals surface area (Å²) < 4.78 is 5.05. The molecule has 0 saturated carbocycles. The number of anilines is 1. The minimum Gasteiger partial charge on any atom is -0.477 e. The molecule has 0 aliphatic carbocycles. The van der Waals surface area contributed by atoms with E-state index < -0.39 is 5.97 Å². The van der Waals surface area contributed by atoms with Gasteiger partial charge in [0.25, 0.3) is 0 Å². The van der Waals surface area contributed by atoms with Gasteiger partial charge >= 0.3 is 5.97 Å². The van der Waals surface area contributed by atoms with Gasteiger partial charge in [0.1, 0.15) is 4.88 Å². The zero-order chi connectivity index (χ0) is 11.4. The number of carboxylic acids is 1. The summed E-state index contributed by atoms with van der Waals surface area (Å²) in [6.07, 6.45) is 0.0717. The van der Waals surface area contributed by atoms with Crippen molar-refractivity contribution in [3.63, 3.8) is 0 Å². The van der Waals surface area contributed by atoms with Crippen molar-refractivity contribution >= 4 is 22.4 Å². The third kappa shape index (κ3) is 3.17. The van der Waals surface area contributed by atoms with Crippen LogP contribution in [0.5, 0.6) is 0 Å². The van der Waals surface area contributed by atoms with Crippen molar-refractivity contribution < 1.29 is 14.6 Å². The standard InChI is InChI=1S/C9H14N2O3S/c1-5(14-3)4-10-9-11-6(2)7(15-9)8(12)13/h5H,4H2,1-3H3,(H,10,11)(H,12,13). The van der Waals surface area contributed by atoms with Gasteiger partial charge in [0, 0.05) is 13.7 Å². The first-order valence-electron chi connectivity index (χ1n) is 4.52. The van der Waals surface area contributed by atoms with Gasteiger partial charge < -0.3 is 15.2 Å². The van der Waals surface area contributed by atoms with Gasteiger partial charge in [0.15, 0.2) is 5.13 Å². The molecular weight excluding hydrogens is 216 g/mol. The molecule has 0 aromatic carbocycles. The van der Waals surface area contributed by atoms with E-state index in [0.717, 1.165) is 11.3 Å². The second-order valence-corrected chi connectivity index (χ2v) is 4.16. The van der Waals surface area contributed by atoms with E-state index in [2.05, 4.69) is 10.3 Å². The highest BCUT2D eigenvalue weighted by atomic mass is 32.1. The second kappa shape index (κ2) is 5.09. The monoisotopic (exact) mass is 230 g/mol. The van der Waals surface area contributed by atoms with Gasteiger partial charge in [-0.05, 0) is 13.8 Å². The summed E-state index contributed by atoms with van der Waals surface area (Å²) in [5.41, 5.74) is 0.542. The van der Waals surface area contributed by atoms with Crippen LogP contribution in [0.1, 0.15) is 22.3 Å². The van der Waals surface area contributed by atoms with Gasteiger partial charge in [-0.25, -0.2) is 9.78 Å². The summed E-state index contributed by atoms with van der Waals surface area (Å²) >= 11 is 1.14. The molecule has 1 heterocycles. The largest absolute Gasteiger partial charge is 0.477 e. The van der Waals surface area contributed by atoms with E-state index >= 15 is 0 Å². The lowest BCUT2D eigenvalue weighted by atomic mass is 10.4. The van der Waals surface area contributed by atoms with Crippen molar-refractivity contribution in [2.45, 2.75) is 20.0 Å². The van der Waals surface area contributed by atoms with E-state index in [1.165, 1.54) is 0 Å². The number of aromatic nitrogens is 1. The molecule has 0 radical (unpaired) electrons. The van der Waals surface area contributed by atoms with Crippen molar-refractivity contribution in [1.29, 1.82) is 0 Å². The Balaban J connectivity index is 2.63. The summed E-state index contributed by atoms with van der Waals surface area (Å²) in [4.78, 5) is 15.1. The Morgan fingerprint density at radius 2 is 2.40 bits per heavy atom. The first-order valence-corrected chi connectivity index (χ1v) is 5.33. The Bertz CT molecular complexity index is 351. The van der Waals surface area contributed by atoms with Gasteiger partial charge in [-0.3, -0.25) is 0 Å². The van der Waals surface area contributed by atoms with Crippen molar-refractivity contribution in [2.24, 2.45) is 0 Å². The Labute approximate surface area is 92.1 Å². The molecule has 1 unspecified atom stereocenters. The quantitative estimate of drug-likeness (QED) is 0.803. The van der Waals surface area contributed by atoms with Crippen molar-refractivity contribution in [3.8, 4) is 0 Å². The molecule has 2 N–H and O–H groups in total. The molecule has 0 amide bonds. The fraction of sp³-hybridized carbons (Fsp3) is 0.556. The number of hydrogen-bond donors (Lipinski definition) is 2. The third-order valence-electron chi connectivity index (χ3n) is 1.93. The molecule has 0 aliphatic heterocycles. The maximum atomic E-state index is 10.7. The molecule has 1 aromatic rings. The normalized spacial score (nSPS) is 12.5. The molecule has 0 spiro atoms. The fourth-order valence-corrected chi connectivity index (χ4v) is 1.80. The number of rotatable bonds is 5. The molecule has 1 aromatic heterocycles. The van der Waals surface area contributed by atoms with Gasteiger partial charge in [0.2, 0.25) is 0 Å². The molecule has 0 aliphatic rings. The zero-order valence-corrected chi connectivity index (χ0v) is 9.72. The Morgan fingerprint density at radius 1 is 1.73 bits per heavy atom. The first-order chi connectivity index (χ1) is 7.04. The molecular formula is C9H14N2O3S. The molecule has 84 valence electrons. The van der Waals surface area contributed by atoms with Crippen LogP contribution >= 0.6 is 11.3 Å². The van der Waals surface area contributed by atoms with Crippen LogP contribution in [-0.2, 0) is 4.74 Å². The smallest absolute Gasteiger partial charge is 0.347 e. The number of thiazole rings is 1. The molecule has 1 atom stereocenters. The fourth-order valence-electron chi connectivity index (χ4n) is 0.985. The number of nitrogens with one attached hydrogen (secondary N) is 1. The SMILES string of the molecule is COC(C)CNc1nc(C)c(C(=O)O)s1. The van der Waals surface area contributed by atoms with E-state index in [4.69, 9.17) is 9.84 Å². The maximum Gasteiger partial charge on any atom is 0.347 e. The van der Waals surface area contributed by atoms with Crippen LogP contribution < -0.4 is 5.32 Å². The van der Waals surface area contributed by atoms with E-state index in [9.17, 15) is 4.79 Å². The van der Waals surface area contributed by atoms with E-state index in [-0.39, 0.29) is 11.0 Å².